The van der Waals surface area contributed by atoms with Gasteiger partial charge in [0.15, 0.2) is 0 Å². The largest absolute Gasteiger partial charge is 0.389 e. The Morgan fingerprint density at radius 3 is 2.72 bits per heavy atom. The first kappa shape index (κ1) is 13.2. The fraction of sp³-hybridized carbons (Fsp3) is 0.417. The van der Waals surface area contributed by atoms with Crippen LogP contribution in [0.3, 0.4) is 0 Å². The van der Waals surface area contributed by atoms with Gasteiger partial charge in [0.25, 0.3) is 5.91 Å². The van der Waals surface area contributed by atoms with Crippen LogP contribution in [-0.2, 0) is 6.54 Å². The minimum atomic E-state index is -4.17. The average molecular weight is 278 g/mol. The maximum absolute atomic E-state index is 12.0. The molecule has 0 N–H and O–H groups in total. The normalized spacial score (nSPS) is 15.1. The molecule has 0 spiro atoms. The molecule has 0 saturated carbocycles. The van der Waals surface area contributed by atoms with Gasteiger partial charge < -0.3 is 4.90 Å². The second-order valence-corrected chi connectivity index (χ2v) is 4.68. The molecule has 1 heterocycles. The van der Waals surface area contributed by atoms with Crippen molar-refractivity contribution in [3.8, 4) is 0 Å². The lowest BCUT2D eigenvalue weighted by atomic mass is 10.1. The molecule has 0 bridgehead atoms. The lowest BCUT2D eigenvalue weighted by Gasteiger charge is -2.15. The summed E-state index contributed by atoms with van der Waals surface area (Å²) in [7, 11) is 0. The van der Waals surface area contributed by atoms with Gasteiger partial charge in [0, 0.05) is 30.1 Å². The first-order valence-corrected chi connectivity index (χ1v) is 5.89. The smallest absolute Gasteiger partial charge is 0.334 e. The molecule has 1 aliphatic rings. The molecule has 98 valence electrons. The number of nitrogens with zero attached hydrogens (tertiary/aromatic N) is 1. The molecule has 1 aliphatic heterocycles. The minimum absolute atomic E-state index is 0.0725. The van der Waals surface area contributed by atoms with Crippen LogP contribution < -0.4 is 0 Å². The van der Waals surface area contributed by atoms with Gasteiger partial charge in [0.1, 0.15) is 0 Å². The Kier molecular flexibility index (Phi) is 3.52. The number of carbonyl (C=O) groups excluding carboxylic acids is 1. The Hall–Kier alpha value is -1.23. The first-order valence-electron chi connectivity index (χ1n) is 5.51. The summed E-state index contributed by atoms with van der Waals surface area (Å²) in [6.07, 6.45) is -5.11. The van der Waals surface area contributed by atoms with Crippen molar-refractivity contribution in [3.63, 3.8) is 0 Å². The van der Waals surface area contributed by atoms with Gasteiger partial charge in [-0.05, 0) is 30.2 Å². The number of fused-ring (bicyclic) bond motifs is 1. The Bertz CT molecular complexity index is 473. The van der Waals surface area contributed by atoms with E-state index in [1.54, 1.807) is 18.2 Å². The van der Waals surface area contributed by atoms with Crippen molar-refractivity contribution < 1.29 is 18.0 Å². The number of benzene rings is 1. The van der Waals surface area contributed by atoms with Gasteiger partial charge in [0.05, 0.1) is 0 Å². The van der Waals surface area contributed by atoms with Gasteiger partial charge in [-0.3, -0.25) is 4.79 Å². The van der Waals surface area contributed by atoms with Crippen LogP contribution in [0.5, 0.6) is 0 Å². The lowest BCUT2D eigenvalue weighted by Crippen LogP contribution is -2.26. The number of halogens is 4. The fourth-order valence-electron chi connectivity index (χ4n) is 2.00. The van der Waals surface area contributed by atoms with Gasteiger partial charge in [-0.1, -0.05) is 11.6 Å². The quantitative estimate of drug-likeness (QED) is 0.826. The number of hydrogen-bond acceptors (Lipinski definition) is 1. The maximum Gasteiger partial charge on any atom is 0.389 e. The summed E-state index contributed by atoms with van der Waals surface area (Å²) in [5.74, 6) is -0.219. The molecule has 1 amide bonds. The van der Waals surface area contributed by atoms with Crippen molar-refractivity contribution in [2.45, 2.75) is 25.6 Å². The van der Waals surface area contributed by atoms with E-state index in [0.29, 0.717) is 17.1 Å². The van der Waals surface area contributed by atoms with Crippen LogP contribution >= 0.6 is 11.6 Å². The topological polar surface area (TPSA) is 20.3 Å². The van der Waals surface area contributed by atoms with Gasteiger partial charge in [0.2, 0.25) is 0 Å². The lowest BCUT2D eigenvalue weighted by molar-refractivity contribution is -0.135. The SMILES string of the molecule is O=C1c2ccc(Cl)cc2CN1CCCC(F)(F)F. The predicted octanol–water partition coefficient (Wildman–Crippen LogP) is 3.64. The van der Waals surface area contributed by atoms with Gasteiger partial charge in [-0.2, -0.15) is 13.2 Å². The predicted molar refractivity (Wildman–Crippen MR) is 61.5 cm³/mol. The molecular formula is C12H11ClF3NO. The average Bonchev–Trinajstić information content (AvgIpc) is 2.53. The third kappa shape index (κ3) is 2.96. The van der Waals surface area contributed by atoms with E-state index in [1.165, 1.54) is 4.90 Å². The Balaban J connectivity index is 1.97. The number of hydrogen-bond donors (Lipinski definition) is 0. The third-order valence-corrected chi connectivity index (χ3v) is 3.07. The van der Waals surface area contributed by atoms with E-state index in [-0.39, 0.29) is 18.9 Å². The fourth-order valence-corrected chi connectivity index (χ4v) is 2.20. The van der Waals surface area contributed by atoms with Crippen LogP contribution in [0.15, 0.2) is 18.2 Å². The molecule has 1 aromatic carbocycles. The number of amides is 1. The summed E-state index contributed by atoms with van der Waals surface area (Å²) in [5, 5.41) is 0.527. The van der Waals surface area contributed by atoms with E-state index in [4.69, 9.17) is 11.6 Å². The maximum atomic E-state index is 12.0. The summed E-state index contributed by atoms with van der Waals surface area (Å²) in [6.45, 7) is 0.456. The highest BCUT2D eigenvalue weighted by atomic mass is 35.5. The van der Waals surface area contributed by atoms with E-state index >= 15 is 0 Å². The van der Waals surface area contributed by atoms with Crippen LogP contribution in [0.2, 0.25) is 5.02 Å². The molecule has 0 unspecified atom stereocenters. The first-order chi connectivity index (χ1) is 8.37. The van der Waals surface area contributed by atoms with E-state index < -0.39 is 12.6 Å². The second kappa shape index (κ2) is 4.80. The van der Waals surface area contributed by atoms with Crippen LogP contribution in [0, 0.1) is 0 Å². The second-order valence-electron chi connectivity index (χ2n) is 4.25. The molecular weight excluding hydrogens is 267 g/mol. The molecule has 6 heteroatoms. The number of rotatable bonds is 3. The molecule has 0 saturated heterocycles. The third-order valence-electron chi connectivity index (χ3n) is 2.83. The highest BCUT2D eigenvalue weighted by molar-refractivity contribution is 6.30. The molecule has 0 atom stereocenters. The summed E-state index contributed by atoms with van der Waals surface area (Å²) in [4.78, 5) is 13.3. The Morgan fingerprint density at radius 2 is 2.06 bits per heavy atom. The molecule has 0 aliphatic carbocycles. The zero-order valence-corrected chi connectivity index (χ0v) is 10.2. The Labute approximate surface area is 107 Å². The van der Waals surface area contributed by atoms with Crippen LogP contribution in [0.1, 0.15) is 28.8 Å². The van der Waals surface area contributed by atoms with Crippen molar-refractivity contribution in [1.29, 1.82) is 0 Å². The standard InChI is InChI=1S/C12H11ClF3NO/c13-9-2-3-10-8(6-9)7-17(11(10)18)5-1-4-12(14,15)16/h2-3,6H,1,4-5,7H2. The van der Waals surface area contributed by atoms with Crippen LogP contribution in [0.4, 0.5) is 13.2 Å². The van der Waals surface area contributed by atoms with E-state index in [1.807, 2.05) is 0 Å². The Morgan fingerprint density at radius 1 is 1.33 bits per heavy atom. The molecule has 0 aromatic heterocycles. The summed E-state index contributed by atoms with van der Waals surface area (Å²) in [6, 6.07) is 4.90. The van der Waals surface area contributed by atoms with E-state index in [0.717, 1.165) is 5.56 Å². The van der Waals surface area contributed by atoms with Crippen molar-refractivity contribution in [1.82, 2.24) is 4.90 Å². The molecule has 2 nitrogen and oxygen atoms in total. The van der Waals surface area contributed by atoms with E-state index in [9.17, 15) is 18.0 Å². The van der Waals surface area contributed by atoms with Crippen molar-refractivity contribution in [2.75, 3.05) is 6.54 Å². The molecule has 1 aromatic rings. The zero-order valence-electron chi connectivity index (χ0n) is 9.43. The van der Waals surface area contributed by atoms with Crippen LogP contribution in [-0.4, -0.2) is 23.5 Å². The zero-order chi connectivity index (χ0) is 13.3. The van der Waals surface area contributed by atoms with Gasteiger partial charge in [-0.15, -0.1) is 0 Å². The summed E-state index contributed by atoms with van der Waals surface area (Å²) in [5.41, 5.74) is 1.31. The molecule has 0 radical (unpaired) electrons. The highest BCUT2D eigenvalue weighted by Gasteiger charge is 2.30. The number of alkyl halides is 3. The molecule has 0 fully saturated rings. The van der Waals surface area contributed by atoms with Gasteiger partial charge >= 0.3 is 6.18 Å². The van der Waals surface area contributed by atoms with Crippen molar-refractivity contribution >= 4 is 17.5 Å². The monoisotopic (exact) mass is 277 g/mol. The minimum Gasteiger partial charge on any atom is -0.334 e. The summed E-state index contributed by atoms with van der Waals surface area (Å²) < 4.78 is 36.1. The number of carbonyl (C=O) groups is 1. The van der Waals surface area contributed by atoms with Crippen molar-refractivity contribution in [3.05, 3.63) is 34.3 Å². The van der Waals surface area contributed by atoms with Crippen LogP contribution in [0.25, 0.3) is 0 Å². The molecule has 2 rings (SSSR count). The van der Waals surface area contributed by atoms with Crippen molar-refractivity contribution in [2.24, 2.45) is 0 Å². The summed E-state index contributed by atoms with van der Waals surface area (Å²) >= 11 is 5.80. The molecule has 18 heavy (non-hydrogen) atoms. The van der Waals surface area contributed by atoms with E-state index in [2.05, 4.69) is 0 Å². The highest BCUT2D eigenvalue weighted by Crippen LogP contribution is 2.27. The van der Waals surface area contributed by atoms with Gasteiger partial charge in [-0.25, -0.2) is 0 Å².